The van der Waals surface area contributed by atoms with Gasteiger partial charge in [0.1, 0.15) is 5.75 Å². The third-order valence-corrected chi connectivity index (χ3v) is 12.2. The molecule has 224 valence electrons. The van der Waals surface area contributed by atoms with Crippen molar-refractivity contribution in [1.29, 1.82) is 0 Å². The molecule has 3 aliphatic carbocycles. The summed E-state index contributed by atoms with van der Waals surface area (Å²) in [7, 11) is 1.20. The van der Waals surface area contributed by atoms with Crippen LogP contribution in [0.15, 0.2) is 18.2 Å². The first kappa shape index (κ1) is 30.0. The number of benzene rings is 1. The number of carbonyl (C=O) groups is 1. The molecule has 6 nitrogen and oxygen atoms in total. The molecule has 1 aliphatic heterocycles. The van der Waals surface area contributed by atoms with Crippen LogP contribution in [0.2, 0.25) is 0 Å². The third-order valence-electron chi connectivity index (χ3n) is 10.7. The highest BCUT2D eigenvalue weighted by Gasteiger charge is 2.56. The predicted octanol–water partition coefficient (Wildman–Crippen LogP) is 5.54. The van der Waals surface area contributed by atoms with E-state index in [2.05, 4.69) is 31.0 Å². The van der Waals surface area contributed by atoms with Gasteiger partial charge in [-0.25, -0.2) is 4.79 Å². The number of unbranched alkanes of at least 4 members (excludes halogenated alkanes) is 1. The molecule has 1 aromatic carbocycles. The molecule has 1 aromatic rings. The first-order valence-corrected chi connectivity index (χ1v) is 17.2. The van der Waals surface area contributed by atoms with Crippen LogP contribution < -0.4 is 4.74 Å². The monoisotopic (exact) mass is 576 g/mol. The number of nitrogens with zero attached hydrogens (tertiary/aromatic N) is 2. The summed E-state index contributed by atoms with van der Waals surface area (Å²) >= 11 is 0. The van der Waals surface area contributed by atoms with Crippen LogP contribution in [0.25, 0.3) is 0 Å². The van der Waals surface area contributed by atoms with Crippen LogP contribution >= 0.6 is 0 Å². The summed E-state index contributed by atoms with van der Waals surface area (Å²) in [6.07, 6.45) is 8.64. The summed E-state index contributed by atoms with van der Waals surface area (Å²) in [5.74, 6) is 3.85. The summed E-state index contributed by atoms with van der Waals surface area (Å²) in [4.78, 5) is 17.1. The lowest BCUT2D eigenvalue weighted by Crippen LogP contribution is -2.47. The fraction of sp³-hybridized carbons (Fsp3) is 0.781. The Kier molecular flexibility index (Phi) is 9.89. The number of hydrogen-bond donors (Lipinski definition) is 1. The zero-order valence-electron chi connectivity index (χ0n) is 24.5. The minimum absolute atomic E-state index is 0.0111. The zero-order valence-corrected chi connectivity index (χ0v) is 25.3. The summed E-state index contributed by atoms with van der Waals surface area (Å²) in [5, 5.41) is 10.9. The van der Waals surface area contributed by atoms with E-state index in [9.17, 15) is 18.5 Å². The lowest BCUT2D eigenvalue weighted by atomic mass is 9.52. The average Bonchev–Trinajstić information content (AvgIpc) is 3.08. The Balaban J connectivity index is 1.31. The predicted molar refractivity (Wildman–Crippen MR) is 158 cm³/mol. The minimum atomic E-state index is -0.888. The van der Waals surface area contributed by atoms with Gasteiger partial charge >= 0.3 is 6.09 Å². The zero-order chi connectivity index (χ0) is 28.3. The van der Waals surface area contributed by atoms with Gasteiger partial charge in [0.05, 0.1) is 12.8 Å². The standard InChI is InChI=1S/C32H49FN2O4S/c1-32-13-12-27-26-9-8-25(39-31(37)35-16-6-15-34(2)17-18-35)22-24(26)21-23(30(27)28(32)10-11-29(32)36)7-5-20-40(38)19-4-3-14-33/h8-9,22-23,27-30,36H,3-7,10-21H2,1-2H3/t23-,27-,28+,29+,30-,32+,40?/m1/s1. The van der Waals surface area contributed by atoms with Crippen LogP contribution in [-0.2, 0) is 17.2 Å². The molecule has 5 rings (SSSR count). The van der Waals surface area contributed by atoms with Crippen molar-refractivity contribution in [1.82, 2.24) is 9.80 Å². The molecule has 0 bridgehead atoms. The number of amides is 1. The van der Waals surface area contributed by atoms with Crippen LogP contribution in [0.5, 0.6) is 5.75 Å². The molecule has 1 unspecified atom stereocenters. The Morgan fingerprint density at radius 3 is 2.77 bits per heavy atom. The first-order chi connectivity index (χ1) is 19.3. The fourth-order valence-corrected chi connectivity index (χ4v) is 9.66. The van der Waals surface area contributed by atoms with Gasteiger partial charge in [-0.3, -0.25) is 8.60 Å². The van der Waals surface area contributed by atoms with Gasteiger partial charge in [0.2, 0.25) is 0 Å². The average molecular weight is 577 g/mol. The molecule has 3 fully saturated rings. The van der Waals surface area contributed by atoms with Gasteiger partial charge in [-0.05, 0) is 130 Å². The molecule has 1 N–H and O–H groups in total. The number of aliphatic hydroxyl groups is 1. The van der Waals surface area contributed by atoms with Crippen LogP contribution in [0.1, 0.15) is 81.8 Å². The molecule has 7 atom stereocenters. The number of ether oxygens (including phenoxy) is 1. The van der Waals surface area contributed by atoms with Crippen LogP contribution in [0, 0.1) is 23.2 Å². The minimum Gasteiger partial charge on any atom is -0.410 e. The van der Waals surface area contributed by atoms with E-state index in [4.69, 9.17) is 4.74 Å². The van der Waals surface area contributed by atoms with E-state index in [1.807, 2.05) is 11.0 Å². The number of likely N-dealkylation sites (N-methyl/N-ethyl adjacent to an activating group) is 1. The Morgan fingerprint density at radius 2 is 1.95 bits per heavy atom. The number of fused-ring (bicyclic) bond motifs is 5. The molecular formula is C32H49FN2O4S. The van der Waals surface area contributed by atoms with Crippen molar-refractivity contribution in [2.75, 3.05) is 51.4 Å². The van der Waals surface area contributed by atoms with E-state index in [-0.39, 0.29) is 24.3 Å². The summed E-state index contributed by atoms with van der Waals surface area (Å²) in [6, 6.07) is 6.29. The third kappa shape index (κ3) is 6.44. The molecule has 0 spiro atoms. The Hall–Kier alpha value is -1.51. The lowest BCUT2D eigenvalue weighted by Gasteiger charge is -2.53. The van der Waals surface area contributed by atoms with Crippen molar-refractivity contribution in [3.63, 3.8) is 0 Å². The van der Waals surface area contributed by atoms with E-state index in [0.29, 0.717) is 60.3 Å². The van der Waals surface area contributed by atoms with E-state index in [0.717, 1.165) is 71.0 Å². The Morgan fingerprint density at radius 1 is 1.12 bits per heavy atom. The first-order valence-electron chi connectivity index (χ1n) is 15.7. The lowest BCUT2D eigenvalue weighted by molar-refractivity contribution is -0.0393. The topological polar surface area (TPSA) is 70.1 Å². The van der Waals surface area contributed by atoms with Crippen molar-refractivity contribution in [3.8, 4) is 5.75 Å². The van der Waals surface area contributed by atoms with Gasteiger partial charge in [0.15, 0.2) is 0 Å². The Labute approximate surface area is 242 Å². The second kappa shape index (κ2) is 13.2. The van der Waals surface area contributed by atoms with Crippen LogP contribution in [0.4, 0.5) is 9.18 Å². The van der Waals surface area contributed by atoms with Gasteiger partial charge in [0.25, 0.3) is 0 Å². The quantitative estimate of drug-likeness (QED) is 0.391. The number of hydrogen-bond acceptors (Lipinski definition) is 5. The molecule has 1 saturated heterocycles. The van der Waals surface area contributed by atoms with Crippen molar-refractivity contribution < 1.29 is 23.2 Å². The van der Waals surface area contributed by atoms with Gasteiger partial charge in [-0.1, -0.05) is 13.0 Å². The van der Waals surface area contributed by atoms with Gasteiger partial charge in [-0.15, -0.1) is 0 Å². The van der Waals surface area contributed by atoms with Crippen molar-refractivity contribution >= 4 is 16.9 Å². The molecule has 2 saturated carbocycles. The Bertz CT molecular complexity index is 1060. The summed E-state index contributed by atoms with van der Waals surface area (Å²) in [5.41, 5.74) is 2.68. The molecular weight excluding hydrogens is 527 g/mol. The number of rotatable bonds is 9. The normalized spacial score (nSPS) is 33.0. The summed E-state index contributed by atoms with van der Waals surface area (Å²) < 4.78 is 30.9. The van der Waals surface area contributed by atoms with E-state index in [1.54, 1.807) is 0 Å². The number of halogens is 1. The molecule has 1 amide bonds. The number of alkyl halides is 1. The summed E-state index contributed by atoms with van der Waals surface area (Å²) in [6.45, 7) is 5.24. The smallest absolute Gasteiger partial charge is 0.410 e. The van der Waals surface area contributed by atoms with Crippen molar-refractivity contribution in [2.45, 2.75) is 83.2 Å². The van der Waals surface area contributed by atoms with Crippen LogP contribution in [-0.4, -0.2) is 82.7 Å². The highest BCUT2D eigenvalue weighted by atomic mass is 32.2. The fourth-order valence-electron chi connectivity index (χ4n) is 8.45. The highest BCUT2D eigenvalue weighted by molar-refractivity contribution is 7.84. The van der Waals surface area contributed by atoms with E-state index in [1.165, 1.54) is 11.1 Å². The highest BCUT2D eigenvalue weighted by Crippen LogP contribution is 2.62. The van der Waals surface area contributed by atoms with Crippen molar-refractivity contribution in [3.05, 3.63) is 29.3 Å². The SMILES string of the molecule is CN1CCCN(C(=O)Oc2ccc3c(c2)C[C@@H](CCCS(=O)CCCCF)[C@@H]2[C@@H]3CC[C@]3(C)[C@@H](O)CC[C@@H]23)CC1. The molecule has 0 aromatic heterocycles. The maximum absolute atomic E-state index is 13.0. The van der Waals surface area contributed by atoms with Crippen LogP contribution in [0.3, 0.4) is 0 Å². The maximum Gasteiger partial charge on any atom is 0.415 e. The van der Waals surface area contributed by atoms with Gasteiger partial charge in [0, 0.05) is 41.9 Å². The largest absolute Gasteiger partial charge is 0.415 e. The molecule has 8 heteroatoms. The maximum atomic E-state index is 13.0. The second-order valence-corrected chi connectivity index (χ2v) is 14.8. The molecule has 1 heterocycles. The van der Waals surface area contributed by atoms with Crippen molar-refractivity contribution in [2.24, 2.45) is 23.2 Å². The molecule has 0 radical (unpaired) electrons. The van der Waals surface area contributed by atoms with Gasteiger partial charge in [-0.2, -0.15) is 0 Å². The second-order valence-electron chi connectivity index (χ2n) is 13.2. The number of carbonyl (C=O) groups excluding carboxylic acids is 1. The van der Waals surface area contributed by atoms with E-state index >= 15 is 0 Å². The molecule has 4 aliphatic rings. The number of aliphatic hydroxyl groups excluding tert-OH is 1. The van der Waals surface area contributed by atoms with Gasteiger partial charge < -0.3 is 19.6 Å². The van der Waals surface area contributed by atoms with E-state index < -0.39 is 10.8 Å². The molecule has 40 heavy (non-hydrogen) atoms.